The molecule has 1 N–H and O–H groups in total. The van der Waals surface area contributed by atoms with Crippen molar-refractivity contribution in [1.29, 1.82) is 0 Å². The Balaban J connectivity index is 2.23. The second-order valence-corrected chi connectivity index (χ2v) is 4.67. The molecule has 1 heterocycles. The molecule has 0 aliphatic rings. The molecule has 2 rings (SSSR count). The zero-order valence-electron chi connectivity index (χ0n) is 12.8. The van der Waals surface area contributed by atoms with Gasteiger partial charge in [0.2, 0.25) is 5.75 Å². The first-order valence-corrected chi connectivity index (χ1v) is 6.67. The number of ether oxygens (including phenoxy) is 3. The summed E-state index contributed by atoms with van der Waals surface area (Å²) < 4.78 is 18.4. The van der Waals surface area contributed by atoms with Crippen molar-refractivity contribution in [2.45, 2.75) is 13.2 Å². The van der Waals surface area contributed by atoms with Gasteiger partial charge < -0.3 is 19.5 Å². The SMILES string of the molecule is CNCc1cc(OC)c(OCc2cnn(C)c2)c(OC)c1. The topological polar surface area (TPSA) is 57.5 Å². The number of hydrogen-bond acceptors (Lipinski definition) is 5. The van der Waals surface area contributed by atoms with Crippen LogP contribution in [0, 0.1) is 0 Å². The molecular formula is C15H21N3O3. The zero-order chi connectivity index (χ0) is 15.2. The van der Waals surface area contributed by atoms with Gasteiger partial charge in [-0.25, -0.2) is 0 Å². The lowest BCUT2D eigenvalue weighted by Crippen LogP contribution is -2.07. The maximum Gasteiger partial charge on any atom is 0.203 e. The second-order valence-electron chi connectivity index (χ2n) is 4.67. The minimum Gasteiger partial charge on any atom is -0.493 e. The lowest BCUT2D eigenvalue weighted by Gasteiger charge is -2.15. The van der Waals surface area contributed by atoms with Crippen LogP contribution in [0.3, 0.4) is 0 Å². The fourth-order valence-corrected chi connectivity index (χ4v) is 2.08. The maximum atomic E-state index is 5.86. The summed E-state index contributed by atoms with van der Waals surface area (Å²) in [5, 5.41) is 7.22. The summed E-state index contributed by atoms with van der Waals surface area (Å²) in [7, 11) is 7.01. The van der Waals surface area contributed by atoms with E-state index in [4.69, 9.17) is 14.2 Å². The normalized spacial score (nSPS) is 10.5. The third-order valence-corrected chi connectivity index (χ3v) is 3.04. The second kappa shape index (κ2) is 6.99. The molecule has 1 aromatic heterocycles. The Morgan fingerprint density at radius 1 is 1.14 bits per heavy atom. The molecule has 0 saturated heterocycles. The van der Waals surface area contributed by atoms with Crippen molar-refractivity contribution >= 4 is 0 Å². The van der Waals surface area contributed by atoms with Crippen LogP contribution in [0.5, 0.6) is 17.2 Å². The first-order valence-electron chi connectivity index (χ1n) is 6.67. The number of aryl methyl sites for hydroxylation is 1. The molecule has 0 aliphatic carbocycles. The number of nitrogens with zero attached hydrogens (tertiary/aromatic N) is 2. The minimum atomic E-state index is 0.409. The van der Waals surface area contributed by atoms with E-state index in [0.29, 0.717) is 23.9 Å². The van der Waals surface area contributed by atoms with Gasteiger partial charge in [-0.05, 0) is 24.7 Å². The molecule has 0 amide bonds. The van der Waals surface area contributed by atoms with Crippen LogP contribution in [0.4, 0.5) is 0 Å². The van der Waals surface area contributed by atoms with Gasteiger partial charge in [0.1, 0.15) is 6.61 Å². The van der Waals surface area contributed by atoms with Crippen LogP contribution in [-0.4, -0.2) is 31.0 Å². The molecule has 114 valence electrons. The molecule has 0 bridgehead atoms. The van der Waals surface area contributed by atoms with Crippen LogP contribution in [0.15, 0.2) is 24.5 Å². The maximum absolute atomic E-state index is 5.86. The Morgan fingerprint density at radius 3 is 2.29 bits per heavy atom. The Labute approximate surface area is 124 Å². The van der Waals surface area contributed by atoms with Gasteiger partial charge >= 0.3 is 0 Å². The fraction of sp³-hybridized carbons (Fsp3) is 0.400. The Bertz CT molecular complexity index is 571. The van der Waals surface area contributed by atoms with Crippen molar-refractivity contribution in [2.24, 2.45) is 7.05 Å². The highest BCUT2D eigenvalue weighted by molar-refractivity contribution is 5.54. The number of benzene rings is 1. The third kappa shape index (κ3) is 3.66. The highest BCUT2D eigenvalue weighted by atomic mass is 16.5. The molecule has 1 aromatic carbocycles. The predicted octanol–water partition coefficient (Wildman–Crippen LogP) is 1.74. The molecule has 0 spiro atoms. The lowest BCUT2D eigenvalue weighted by molar-refractivity contribution is 0.265. The number of methoxy groups -OCH3 is 2. The first-order chi connectivity index (χ1) is 10.2. The lowest BCUT2D eigenvalue weighted by atomic mass is 10.2. The van der Waals surface area contributed by atoms with E-state index >= 15 is 0 Å². The molecule has 0 atom stereocenters. The number of hydrogen-bond donors (Lipinski definition) is 1. The van der Waals surface area contributed by atoms with E-state index in [1.54, 1.807) is 25.1 Å². The van der Waals surface area contributed by atoms with E-state index in [9.17, 15) is 0 Å². The monoisotopic (exact) mass is 291 g/mol. The van der Waals surface area contributed by atoms with Gasteiger partial charge in [-0.3, -0.25) is 4.68 Å². The summed E-state index contributed by atoms with van der Waals surface area (Å²) in [5.74, 6) is 1.91. The van der Waals surface area contributed by atoms with Crippen molar-refractivity contribution in [3.63, 3.8) is 0 Å². The van der Waals surface area contributed by atoms with Crippen LogP contribution in [0.1, 0.15) is 11.1 Å². The van der Waals surface area contributed by atoms with E-state index in [1.807, 2.05) is 32.4 Å². The molecule has 0 saturated carbocycles. The van der Waals surface area contributed by atoms with E-state index in [1.165, 1.54) is 0 Å². The average Bonchev–Trinajstić information content (AvgIpc) is 2.90. The van der Waals surface area contributed by atoms with Gasteiger partial charge in [0.05, 0.1) is 20.4 Å². The number of aromatic nitrogens is 2. The van der Waals surface area contributed by atoms with Crippen LogP contribution in [0.2, 0.25) is 0 Å². The largest absolute Gasteiger partial charge is 0.493 e. The molecule has 6 nitrogen and oxygen atoms in total. The van der Waals surface area contributed by atoms with Crippen LogP contribution < -0.4 is 19.5 Å². The molecule has 0 radical (unpaired) electrons. The summed E-state index contributed by atoms with van der Waals surface area (Å²) in [4.78, 5) is 0. The van der Waals surface area contributed by atoms with Gasteiger partial charge in [0.15, 0.2) is 11.5 Å². The standard InChI is InChI=1S/C15H21N3O3/c1-16-7-11-5-13(19-3)15(14(6-11)20-4)21-10-12-8-17-18(2)9-12/h5-6,8-9,16H,7,10H2,1-4H3. The molecule has 0 fully saturated rings. The quantitative estimate of drug-likeness (QED) is 0.842. The van der Waals surface area contributed by atoms with Crippen LogP contribution >= 0.6 is 0 Å². The van der Waals surface area contributed by atoms with Crippen LogP contribution in [0.25, 0.3) is 0 Å². The van der Waals surface area contributed by atoms with Crippen molar-refractivity contribution in [3.8, 4) is 17.2 Å². The van der Waals surface area contributed by atoms with Crippen molar-refractivity contribution in [2.75, 3.05) is 21.3 Å². The van der Waals surface area contributed by atoms with E-state index in [-0.39, 0.29) is 0 Å². The Morgan fingerprint density at radius 2 is 1.81 bits per heavy atom. The minimum absolute atomic E-state index is 0.409. The highest BCUT2D eigenvalue weighted by Gasteiger charge is 2.14. The molecule has 0 aliphatic heterocycles. The first kappa shape index (κ1) is 15.2. The zero-order valence-corrected chi connectivity index (χ0v) is 12.8. The molecule has 2 aromatic rings. The summed E-state index contributed by atoms with van der Waals surface area (Å²) in [6.45, 7) is 1.14. The van der Waals surface area contributed by atoms with Gasteiger partial charge in [-0.1, -0.05) is 0 Å². The number of nitrogens with one attached hydrogen (secondary N) is 1. The van der Waals surface area contributed by atoms with Gasteiger partial charge in [-0.2, -0.15) is 5.10 Å². The Kier molecular flexibility index (Phi) is 5.05. The van der Waals surface area contributed by atoms with Crippen molar-refractivity contribution < 1.29 is 14.2 Å². The fourth-order valence-electron chi connectivity index (χ4n) is 2.08. The summed E-state index contributed by atoms with van der Waals surface area (Å²) in [6.07, 6.45) is 3.68. The van der Waals surface area contributed by atoms with E-state index in [2.05, 4.69) is 10.4 Å². The molecular weight excluding hydrogens is 270 g/mol. The van der Waals surface area contributed by atoms with Gasteiger partial charge in [0, 0.05) is 25.4 Å². The summed E-state index contributed by atoms with van der Waals surface area (Å²) in [6, 6.07) is 3.88. The van der Waals surface area contributed by atoms with Crippen molar-refractivity contribution in [3.05, 3.63) is 35.7 Å². The number of rotatable bonds is 7. The average molecular weight is 291 g/mol. The molecule has 6 heteroatoms. The summed E-state index contributed by atoms with van der Waals surface area (Å²) >= 11 is 0. The smallest absolute Gasteiger partial charge is 0.203 e. The van der Waals surface area contributed by atoms with E-state index < -0.39 is 0 Å². The third-order valence-electron chi connectivity index (χ3n) is 3.04. The molecule has 21 heavy (non-hydrogen) atoms. The van der Waals surface area contributed by atoms with Crippen molar-refractivity contribution in [1.82, 2.24) is 15.1 Å². The molecule has 0 unspecified atom stereocenters. The van der Waals surface area contributed by atoms with Gasteiger partial charge in [0.25, 0.3) is 0 Å². The summed E-state index contributed by atoms with van der Waals surface area (Å²) in [5.41, 5.74) is 2.06. The van der Waals surface area contributed by atoms with Gasteiger partial charge in [-0.15, -0.1) is 0 Å². The highest BCUT2D eigenvalue weighted by Crippen LogP contribution is 2.39. The van der Waals surface area contributed by atoms with E-state index in [0.717, 1.165) is 17.7 Å². The Hall–Kier alpha value is -2.21. The predicted molar refractivity (Wildman–Crippen MR) is 79.8 cm³/mol. The van der Waals surface area contributed by atoms with Crippen LogP contribution in [-0.2, 0) is 20.2 Å².